The van der Waals surface area contributed by atoms with Gasteiger partial charge in [-0.05, 0) is 48.1 Å². The van der Waals surface area contributed by atoms with Crippen LogP contribution in [0.4, 0.5) is 0 Å². The number of allylic oxidation sites excluding steroid dienone is 1. The van der Waals surface area contributed by atoms with Crippen LogP contribution in [0.1, 0.15) is 23.5 Å². The Hall–Kier alpha value is -1.41. The zero-order valence-corrected chi connectivity index (χ0v) is 11.8. The molecule has 0 amide bonds. The summed E-state index contributed by atoms with van der Waals surface area (Å²) in [4.78, 5) is 4.08. The van der Waals surface area contributed by atoms with Gasteiger partial charge in [0.05, 0.1) is 0 Å². The zero-order chi connectivity index (χ0) is 12.8. The van der Waals surface area contributed by atoms with Crippen LogP contribution in [0, 0.1) is 0 Å². The monoisotopic (exact) mass is 301 g/mol. The number of nitrogens with zero attached hydrogens (tertiary/aromatic N) is 1. The maximum Gasteiger partial charge on any atom is 0.0270 e. The van der Waals surface area contributed by atoms with Crippen LogP contribution in [-0.2, 0) is 6.42 Å². The van der Waals surface area contributed by atoms with Crippen molar-refractivity contribution in [3.05, 3.63) is 77.0 Å². The molecule has 0 aliphatic carbocycles. The molecular formula is C16H16BrN. The van der Waals surface area contributed by atoms with Crippen molar-refractivity contribution in [1.82, 2.24) is 4.98 Å². The molecule has 0 radical (unpaired) electrons. The molecule has 2 rings (SSSR count). The standard InChI is InChI=1S/C16H16BrN/c1-2-5-14(13-8-10-18-11-9-13)12-15-6-3-4-7-16(15)17/h2-4,6-11,14H,1,5,12H2. The lowest BCUT2D eigenvalue weighted by Gasteiger charge is -2.16. The lowest BCUT2D eigenvalue weighted by Crippen LogP contribution is -2.03. The molecule has 0 saturated heterocycles. The van der Waals surface area contributed by atoms with E-state index in [4.69, 9.17) is 0 Å². The molecule has 0 N–H and O–H groups in total. The van der Waals surface area contributed by atoms with Gasteiger partial charge in [-0.1, -0.05) is 40.2 Å². The molecule has 0 fully saturated rings. The highest BCUT2D eigenvalue weighted by Crippen LogP contribution is 2.27. The molecule has 1 nitrogen and oxygen atoms in total. The van der Waals surface area contributed by atoms with Gasteiger partial charge in [0.1, 0.15) is 0 Å². The number of hydrogen-bond acceptors (Lipinski definition) is 1. The third kappa shape index (κ3) is 3.30. The first-order valence-corrected chi connectivity index (χ1v) is 6.84. The minimum atomic E-state index is 0.462. The molecule has 0 bridgehead atoms. The summed E-state index contributed by atoms with van der Waals surface area (Å²) in [6, 6.07) is 12.6. The molecular weight excluding hydrogens is 286 g/mol. The molecule has 1 atom stereocenters. The first-order valence-electron chi connectivity index (χ1n) is 6.05. The van der Waals surface area contributed by atoms with Gasteiger partial charge >= 0.3 is 0 Å². The molecule has 1 aromatic carbocycles. The van der Waals surface area contributed by atoms with Crippen molar-refractivity contribution in [3.63, 3.8) is 0 Å². The van der Waals surface area contributed by atoms with Gasteiger partial charge < -0.3 is 0 Å². The largest absolute Gasteiger partial charge is 0.265 e. The van der Waals surface area contributed by atoms with Gasteiger partial charge in [0.15, 0.2) is 0 Å². The second-order valence-corrected chi connectivity index (χ2v) is 5.15. The van der Waals surface area contributed by atoms with Crippen molar-refractivity contribution in [2.24, 2.45) is 0 Å². The van der Waals surface area contributed by atoms with E-state index in [1.54, 1.807) is 0 Å². The average Bonchev–Trinajstić information content (AvgIpc) is 2.42. The zero-order valence-electron chi connectivity index (χ0n) is 10.2. The summed E-state index contributed by atoms with van der Waals surface area (Å²) in [5.41, 5.74) is 2.65. The fourth-order valence-corrected chi connectivity index (χ4v) is 2.55. The van der Waals surface area contributed by atoms with Crippen LogP contribution >= 0.6 is 15.9 Å². The molecule has 2 aromatic rings. The predicted octanol–water partition coefficient (Wildman–Crippen LogP) is 4.75. The van der Waals surface area contributed by atoms with E-state index >= 15 is 0 Å². The summed E-state index contributed by atoms with van der Waals surface area (Å²) in [7, 11) is 0. The Labute approximate surface area is 117 Å². The molecule has 2 heteroatoms. The van der Waals surface area contributed by atoms with Gasteiger partial charge in [-0.2, -0.15) is 0 Å². The quantitative estimate of drug-likeness (QED) is 0.727. The van der Waals surface area contributed by atoms with E-state index in [0.29, 0.717) is 5.92 Å². The summed E-state index contributed by atoms with van der Waals surface area (Å²) in [6.07, 6.45) is 7.68. The summed E-state index contributed by atoms with van der Waals surface area (Å²) >= 11 is 3.61. The topological polar surface area (TPSA) is 12.9 Å². The molecule has 92 valence electrons. The lowest BCUT2D eigenvalue weighted by molar-refractivity contribution is 0.693. The fraction of sp³-hybridized carbons (Fsp3) is 0.188. The molecule has 1 unspecified atom stereocenters. The van der Waals surface area contributed by atoms with Crippen molar-refractivity contribution in [1.29, 1.82) is 0 Å². The maximum absolute atomic E-state index is 4.08. The van der Waals surface area contributed by atoms with E-state index in [9.17, 15) is 0 Å². The summed E-state index contributed by atoms with van der Waals surface area (Å²) < 4.78 is 1.17. The van der Waals surface area contributed by atoms with E-state index in [1.807, 2.05) is 24.5 Å². The van der Waals surface area contributed by atoms with Crippen molar-refractivity contribution in [2.45, 2.75) is 18.8 Å². The van der Waals surface area contributed by atoms with Crippen molar-refractivity contribution >= 4 is 15.9 Å². The Bertz CT molecular complexity index is 508. The third-order valence-corrected chi connectivity index (χ3v) is 3.83. The molecule has 1 aromatic heterocycles. The Morgan fingerprint density at radius 3 is 2.56 bits per heavy atom. The minimum Gasteiger partial charge on any atom is -0.265 e. The molecule has 0 aliphatic rings. The van der Waals surface area contributed by atoms with Crippen LogP contribution < -0.4 is 0 Å². The lowest BCUT2D eigenvalue weighted by atomic mass is 9.90. The van der Waals surface area contributed by atoms with E-state index < -0.39 is 0 Å². The highest BCUT2D eigenvalue weighted by atomic mass is 79.9. The van der Waals surface area contributed by atoms with Crippen LogP contribution in [0.2, 0.25) is 0 Å². The Balaban J connectivity index is 2.22. The normalized spacial score (nSPS) is 12.1. The number of hydrogen-bond donors (Lipinski definition) is 0. The number of rotatable bonds is 5. The van der Waals surface area contributed by atoms with Crippen molar-refractivity contribution < 1.29 is 0 Å². The summed E-state index contributed by atoms with van der Waals surface area (Å²) in [5, 5.41) is 0. The van der Waals surface area contributed by atoms with Crippen molar-refractivity contribution in [3.8, 4) is 0 Å². The second kappa shape index (κ2) is 6.50. The van der Waals surface area contributed by atoms with Gasteiger partial charge in [0, 0.05) is 16.9 Å². The van der Waals surface area contributed by atoms with E-state index in [2.05, 4.69) is 57.8 Å². The summed E-state index contributed by atoms with van der Waals surface area (Å²) in [6.45, 7) is 3.86. The fourth-order valence-electron chi connectivity index (χ4n) is 2.10. The number of aromatic nitrogens is 1. The van der Waals surface area contributed by atoms with Crippen molar-refractivity contribution in [2.75, 3.05) is 0 Å². The smallest absolute Gasteiger partial charge is 0.0270 e. The molecule has 0 aliphatic heterocycles. The van der Waals surface area contributed by atoms with Gasteiger partial charge in [-0.3, -0.25) is 4.98 Å². The van der Waals surface area contributed by atoms with Gasteiger partial charge in [-0.25, -0.2) is 0 Å². The Morgan fingerprint density at radius 2 is 1.89 bits per heavy atom. The van der Waals surface area contributed by atoms with Crippen LogP contribution in [0.3, 0.4) is 0 Å². The van der Waals surface area contributed by atoms with Gasteiger partial charge in [-0.15, -0.1) is 6.58 Å². The van der Waals surface area contributed by atoms with Gasteiger partial charge in [0.25, 0.3) is 0 Å². The second-order valence-electron chi connectivity index (χ2n) is 4.30. The average molecular weight is 302 g/mol. The van der Waals surface area contributed by atoms with Crippen LogP contribution in [0.5, 0.6) is 0 Å². The Kier molecular flexibility index (Phi) is 4.71. The number of pyridine rings is 1. The van der Waals surface area contributed by atoms with E-state index in [0.717, 1.165) is 12.8 Å². The first-order chi connectivity index (χ1) is 8.81. The molecule has 0 spiro atoms. The van der Waals surface area contributed by atoms with Crippen LogP contribution in [0.15, 0.2) is 65.9 Å². The number of benzene rings is 1. The Morgan fingerprint density at radius 1 is 1.17 bits per heavy atom. The van der Waals surface area contributed by atoms with E-state index in [1.165, 1.54) is 15.6 Å². The SMILES string of the molecule is C=CCC(Cc1ccccc1Br)c1ccncc1. The molecule has 0 saturated carbocycles. The summed E-state index contributed by atoms with van der Waals surface area (Å²) in [5.74, 6) is 0.462. The molecule has 1 heterocycles. The highest BCUT2D eigenvalue weighted by Gasteiger charge is 2.12. The van der Waals surface area contributed by atoms with E-state index in [-0.39, 0.29) is 0 Å². The predicted molar refractivity (Wildman–Crippen MR) is 79.6 cm³/mol. The minimum absolute atomic E-state index is 0.462. The maximum atomic E-state index is 4.08. The van der Waals surface area contributed by atoms with Crippen LogP contribution in [-0.4, -0.2) is 4.98 Å². The van der Waals surface area contributed by atoms with Crippen LogP contribution in [0.25, 0.3) is 0 Å². The third-order valence-electron chi connectivity index (χ3n) is 3.05. The number of halogens is 1. The van der Waals surface area contributed by atoms with Gasteiger partial charge in [0.2, 0.25) is 0 Å². The highest BCUT2D eigenvalue weighted by molar-refractivity contribution is 9.10. The first kappa shape index (κ1) is 13.0. The molecule has 18 heavy (non-hydrogen) atoms.